The highest BCUT2D eigenvalue weighted by atomic mass is 35.5. The summed E-state index contributed by atoms with van der Waals surface area (Å²) in [5.41, 5.74) is 2.94. The summed E-state index contributed by atoms with van der Waals surface area (Å²) in [4.78, 5) is 12.7. The SMILES string of the molecule is CCc1cccc(C)c1NC(=O)c1ccc(Cl)c(NS(=O)(=O)c2ccc(F)cc2)c1. The number of rotatable bonds is 6. The lowest BCUT2D eigenvalue weighted by Crippen LogP contribution is -2.16. The number of benzene rings is 3. The number of hydrogen-bond donors (Lipinski definition) is 2. The van der Waals surface area contributed by atoms with E-state index in [1.165, 1.54) is 18.2 Å². The highest BCUT2D eigenvalue weighted by Crippen LogP contribution is 2.27. The normalized spacial score (nSPS) is 11.2. The molecule has 2 N–H and O–H groups in total. The zero-order valence-electron chi connectivity index (χ0n) is 16.4. The Bertz CT molecular complexity index is 1200. The van der Waals surface area contributed by atoms with Crippen LogP contribution >= 0.6 is 11.6 Å². The molecule has 0 aliphatic rings. The monoisotopic (exact) mass is 446 g/mol. The summed E-state index contributed by atoms with van der Waals surface area (Å²) in [7, 11) is -4.00. The van der Waals surface area contributed by atoms with Gasteiger partial charge in [-0.05, 0) is 66.9 Å². The van der Waals surface area contributed by atoms with E-state index >= 15 is 0 Å². The van der Waals surface area contributed by atoms with Crippen LogP contribution in [-0.2, 0) is 16.4 Å². The topological polar surface area (TPSA) is 75.3 Å². The van der Waals surface area contributed by atoms with E-state index in [2.05, 4.69) is 10.0 Å². The van der Waals surface area contributed by atoms with Gasteiger partial charge in [0.25, 0.3) is 15.9 Å². The van der Waals surface area contributed by atoms with Gasteiger partial charge < -0.3 is 5.32 Å². The van der Waals surface area contributed by atoms with E-state index in [4.69, 9.17) is 11.6 Å². The minimum Gasteiger partial charge on any atom is -0.321 e. The quantitative estimate of drug-likeness (QED) is 0.532. The van der Waals surface area contributed by atoms with Gasteiger partial charge in [-0.3, -0.25) is 9.52 Å². The van der Waals surface area contributed by atoms with Gasteiger partial charge in [-0.2, -0.15) is 0 Å². The first kappa shape index (κ1) is 21.8. The average Bonchev–Trinajstić information content (AvgIpc) is 2.71. The number of hydrogen-bond acceptors (Lipinski definition) is 3. The van der Waals surface area contributed by atoms with Gasteiger partial charge in [0.1, 0.15) is 5.82 Å². The van der Waals surface area contributed by atoms with Crippen LogP contribution in [0.3, 0.4) is 0 Å². The summed E-state index contributed by atoms with van der Waals surface area (Å²) in [6.07, 6.45) is 0.751. The van der Waals surface area contributed by atoms with Crippen molar-refractivity contribution in [2.24, 2.45) is 0 Å². The van der Waals surface area contributed by atoms with Crippen molar-refractivity contribution in [1.82, 2.24) is 0 Å². The smallest absolute Gasteiger partial charge is 0.261 e. The highest BCUT2D eigenvalue weighted by Gasteiger charge is 2.18. The fraction of sp³-hybridized carbons (Fsp3) is 0.136. The maximum Gasteiger partial charge on any atom is 0.261 e. The molecule has 0 saturated carbocycles. The van der Waals surface area contributed by atoms with Gasteiger partial charge in [0, 0.05) is 11.3 Å². The van der Waals surface area contributed by atoms with Crippen LogP contribution in [0.15, 0.2) is 65.6 Å². The van der Waals surface area contributed by atoms with Crippen LogP contribution in [0.25, 0.3) is 0 Å². The van der Waals surface area contributed by atoms with Crippen molar-refractivity contribution in [1.29, 1.82) is 0 Å². The molecule has 0 aliphatic heterocycles. The summed E-state index contributed by atoms with van der Waals surface area (Å²) in [6, 6.07) is 14.5. The van der Waals surface area contributed by atoms with E-state index in [-0.39, 0.29) is 21.2 Å². The van der Waals surface area contributed by atoms with Crippen molar-refractivity contribution in [3.8, 4) is 0 Å². The van der Waals surface area contributed by atoms with E-state index in [9.17, 15) is 17.6 Å². The molecule has 0 spiro atoms. The van der Waals surface area contributed by atoms with Crippen LogP contribution in [0.1, 0.15) is 28.4 Å². The number of sulfonamides is 1. The Labute approximate surface area is 179 Å². The van der Waals surface area contributed by atoms with Crippen LogP contribution in [-0.4, -0.2) is 14.3 Å². The first-order valence-corrected chi connectivity index (χ1v) is 11.0. The van der Waals surface area contributed by atoms with Crippen LogP contribution in [0, 0.1) is 12.7 Å². The molecular weight excluding hydrogens is 427 g/mol. The molecule has 0 fully saturated rings. The molecule has 3 aromatic rings. The number of amides is 1. The molecule has 0 radical (unpaired) electrons. The Balaban J connectivity index is 1.88. The van der Waals surface area contributed by atoms with Crippen molar-refractivity contribution in [2.45, 2.75) is 25.2 Å². The fourth-order valence-corrected chi connectivity index (χ4v) is 4.24. The van der Waals surface area contributed by atoms with Crippen molar-refractivity contribution in [3.05, 3.63) is 88.2 Å². The summed E-state index contributed by atoms with van der Waals surface area (Å²) in [6.45, 7) is 3.90. The second kappa shape index (κ2) is 8.85. The summed E-state index contributed by atoms with van der Waals surface area (Å²) in [5, 5.41) is 3.02. The number of anilines is 2. The molecule has 3 aromatic carbocycles. The molecule has 0 aromatic heterocycles. The molecule has 3 rings (SSSR count). The van der Waals surface area contributed by atoms with Gasteiger partial charge in [-0.25, -0.2) is 12.8 Å². The standard InChI is InChI=1S/C22H20ClFN2O3S/c1-3-15-6-4-5-14(2)21(15)25-22(27)16-7-12-19(23)20(13-16)26-30(28,29)18-10-8-17(24)9-11-18/h4-13,26H,3H2,1-2H3,(H,25,27). The van der Waals surface area contributed by atoms with Crippen LogP contribution in [0.2, 0.25) is 5.02 Å². The Morgan fingerprint density at radius 1 is 1.07 bits per heavy atom. The molecule has 0 aliphatic carbocycles. The van der Waals surface area contributed by atoms with E-state index in [0.29, 0.717) is 0 Å². The third kappa shape index (κ3) is 4.80. The lowest BCUT2D eigenvalue weighted by Gasteiger charge is -2.14. The number of nitrogens with one attached hydrogen (secondary N) is 2. The fourth-order valence-electron chi connectivity index (χ4n) is 2.95. The molecule has 8 heteroatoms. The van der Waals surface area contributed by atoms with E-state index in [1.54, 1.807) is 0 Å². The van der Waals surface area contributed by atoms with Gasteiger partial charge >= 0.3 is 0 Å². The summed E-state index contributed by atoms with van der Waals surface area (Å²) < 4.78 is 40.6. The molecule has 0 bridgehead atoms. The number of aryl methyl sites for hydroxylation is 2. The number of carbonyl (C=O) groups excluding carboxylic acids is 1. The van der Waals surface area contributed by atoms with Crippen molar-refractivity contribution >= 4 is 38.9 Å². The van der Waals surface area contributed by atoms with Gasteiger partial charge in [0.05, 0.1) is 15.6 Å². The van der Waals surface area contributed by atoms with Gasteiger partial charge in [-0.15, -0.1) is 0 Å². The third-order valence-electron chi connectivity index (χ3n) is 4.58. The first-order valence-electron chi connectivity index (χ1n) is 9.19. The zero-order chi connectivity index (χ0) is 21.9. The minimum atomic E-state index is -4.00. The summed E-state index contributed by atoms with van der Waals surface area (Å²) in [5.74, 6) is -0.939. The second-order valence-electron chi connectivity index (χ2n) is 6.67. The second-order valence-corrected chi connectivity index (χ2v) is 8.76. The number of carbonyl (C=O) groups is 1. The van der Waals surface area contributed by atoms with Gasteiger partial charge in [0.15, 0.2) is 0 Å². The maximum atomic E-state index is 13.1. The van der Waals surface area contributed by atoms with Crippen LogP contribution in [0.4, 0.5) is 15.8 Å². The predicted molar refractivity (Wildman–Crippen MR) is 117 cm³/mol. The van der Waals surface area contributed by atoms with Gasteiger partial charge in [-0.1, -0.05) is 36.7 Å². The molecule has 0 unspecified atom stereocenters. The minimum absolute atomic E-state index is 0.0501. The molecule has 0 saturated heterocycles. The van der Waals surface area contributed by atoms with E-state index in [1.807, 2.05) is 32.0 Å². The van der Waals surface area contributed by atoms with Crippen molar-refractivity contribution in [2.75, 3.05) is 10.0 Å². The molecule has 0 atom stereocenters. The lowest BCUT2D eigenvalue weighted by atomic mass is 10.1. The molecule has 1 amide bonds. The maximum absolute atomic E-state index is 13.1. The molecule has 156 valence electrons. The number of halogens is 2. The molecule has 30 heavy (non-hydrogen) atoms. The highest BCUT2D eigenvalue weighted by molar-refractivity contribution is 7.92. The Morgan fingerprint density at radius 3 is 2.43 bits per heavy atom. The van der Waals surface area contributed by atoms with E-state index < -0.39 is 21.7 Å². The summed E-state index contributed by atoms with van der Waals surface area (Å²) >= 11 is 6.13. The third-order valence-corrected chi connectivity index (χ3v) is 6.29. The van der Waals surface area contributed by atoms with Crippen LogP contribution in [0.5, 0.6) is 0 Å². The first-order chi connectivity index (χ1) is 14.2. The van der Waals surface area contributed by atoms with Gasteiger partial charge in [0.2, 0.25) is 0 Å². The van der Waals surface area contributed by atoms with E-state index in [0.717, 1.165) is 47.5 Å². The molecule has 0 heterocycles. The van der Waals surface area contributed by atoms with Crippen molar-refractivity contribution < 1.29 is 17.6 Å². The zero-order valence-corrected chi connectivity index (χ0v) is 17.9. The lowest BCUT2D eigenvalue weighted by molar-refractivity contribution is 0.102. The largest absolute Gasteiger partial charge is 0.321 e. The average molecular weight is 447 g/mol. The Morgan fingerprint density at radius 2 is 1.77 bits per heavy atom. The molecule has 5 nitrogen and oxygen atoms in total. The Kier molecular flexibility index (Phi) is 6.43. The molecular formula is C22H20ClFN2O3S. The van der Waals surface area contributed by atoms with Crippen molar-refractivity contribution in [3.63, 3.8) is 0 Å². The van der Waals surface area contributed by atoms with Crippen LogP contribution < -0.4 is 10.0 Å². The predicted octanol–water partition coefficient (Wildman–Crippen LogP) is 5.40. The Hall–Kier alpha value is -2.90. The number of para-hydroxylation sites is 1.